The third-order valence-corrected chi connectivity index (χ3v) is 4.19. The second kappa shape index (κ2) is 6.12. The van der Waals surface area contributed by atoms with Crippen molar-refractivity contribution >= 4 is 11.9 Å². The number of rotatable bonds is 5. The van der Waals surface area contributed by atoms with Crippen molar-refractivity contribution in [2.75, 3.05) is 13.7 Å². The van der Waals surface area contributed by atoms with Gasteiger partial charge in [-0.2, -0.15) is 0 Å². The van der Waals surface area contributed by atoms with Gasteiger partial charge in [-0.05, 0) is 18.9 Å². The van der Waals surface area contributed by atoms with E-state index < -0.39 is 5.41 Å². The SMILES string of the molecule is C=CCC1(C(=O)OC)CC(=O)N(C(C)c2ccccc2)C1. The normalized spacial score (nSPS) is 23.0. The van der Waals surface area contributed by atoms with Crippen LogP contribution in [0.15, 0.2) is 43.0 Å². The van der Waals surface area contributed by atoms with E-state index in [1.807, 2.05) is 37.3 Å². The van der Waals surface area contributed by atoms with Crippen molar-refractivity contribution < 1.29 is 14.3 Å². The fraction of sp³-hybridized carbons (Fsp3) is 0.412. The molecule has 0 aromatic heterocycles. The van der Waals surface area contributed by atoms with Gasteiger partial charge in [-0.3, -0.25) is 9.59 Å². The Morgan fingerprint density at radius 3 is 2.71 bits per heavy atom. The monoisotopic (exact) mass is 287 g/mol. The van der Waals surface area contributed by atoms with Crippen LogP contribution < -0.4 is 0 Å². The van der Waals surface area contributed by atoms with Gasteiger partial charge in [0, 0.05) is 13.0 Å². The molecule has 1 aromatic rings. The van der Waals surface area contributed by atoms with Gasteiger partial charge in [0.15, 0.2) is 0 Å². The third-order valence-electron chi connectivity index (χ3n) is 4.19. The zero-order valence-electron chi connectivity index (χ0n) is 12.5. The fourth-order valence-corrected chi connectivity index (χ4v) is 2.98. The lowest BCUT2D eigenvalue weighted by molar-refractivity contribution is -0.152. The molecule has 0 saturated carbocycles. The van der Waals surface area contributed by atoms with Gasteiger partial charge in [-0.25, -0.2) is 0 Å². The molecule has 2 rings (SSSR count). The highest BCUT2D eigenvalue weighted by molar-refractivity contribution is 5.90. The minimum Gasteiger partial charge on any atom is -0.469 e. The molecule has 1 aliphatic heterocycles. The van der Waals surface area contributed by atoms with Crippen LogP contribution in [0, 0.1) is 5.41 Å². The first-order valence-electron chi connectivity index (χ1n) is 7.08. The Balaban J connectivity index is 2.25. The number of carbonyl (C=O) groups is 2. The Bertz CT molecular complexity index is 540. The number of esters is 1. The molecule has 21 heavy (non-hydrogen) atoms. The summed E-state index contributed by atoms with van der Waals surface area (Å²) < 4.78 is 4.91. The van der Waals surface area contributed by atoms with Crippen LogP contribution in [0.3, 0.4) is 0 Å². The van der Waals surface area contributed by atoms with Gasteiger partial charge in [-0.1, -0.05) is 36.4 Å². The summed E-state index contributed by atoms with van der Waals surface area (Å²) >= 11 is 0. The van der Waals surface area contributed by atoms with E-state index in [0.717, 1.165) is 5.56 Å². The van der Waals surface area contributed by atoms with Crippen molar-refractivity contribution in [1.29, 1.82) is 0 Å². The summed E-state index contributed by atoms with van der Waals surface area (Å²) in [5.41, 5.74) is 0.265. The zero-order chi connectivity index (χ0) is 15.5. The molecular weight excluding hydrogens is 266 g/mol. The molecule has 0 aliphatic carbocycles. The number of amides is 1. The number of benzene rings is 1. The van der Waals surface area contributed by atoms with Gasteiger partial charge >= 0.3 is 5.97 Å². The number of ether oxygens (including phenoxy) is 1. The molecule has 1 saturated heterocycles. The predicted molar refractivity (Wildman–Crippen MR) is 80.5 cm³/mol. The maximum Gasteiger partial charge on any atom is 0.314 e. The van der Waals surface area contributed by atoms with E-state index in [1.165, 1.54) is 7.11 Å². The van der Waals surface area contributed by atoms with Crippen LogP contribution in [0.5, 0.6) is 0 Å². The second-order valence-corrected chi connectivity index (χ2v) is 5.55. The minimum atomic E-state index is -0.795. The van der Waals surface area contributed by atoms with Crippen LogP contribution in [0.2, 0.25) is 0 Å². The number of carbonyl (C=O) groups excluding carboxylic acids is 2. The number of hydrogen-bond acceptors (Lipinski definition) is 3. The first kappa shape index (κ1) is 15.3. The minimum absolute atomic E-state index is 0.0152. The summed E-state index contributed by atoms with van der Waals surface area (Å²) in [7, 11) is 1.36. The Labute approximate surface area is 125 Å². The van der Waals surface area contributed by atoms with Crippen molar-refractivity contribution in [1.82, 2.24) is 4.90 Å². The molecular formula is C17H21NO3. The van der Waals surface area contributed by atoms with Crippen LogP contribution in [-0.4, -0.2) is 30.4 Å². The van der Waals surface area contributed by atoms with Gasteiger partial charge in [0.25, 0.3) is 0 Å². The van der Waals surface area contributed by atoms with E-state index in [4.69, 9.17) is 4.74 Å². The lowest BCUT2D eigenvalue weighted by Gasteiger charge is -2.28. The largest absolute Gasteiger partial charge is 0.469 e. The van der Waals surface area contributed by atoms with E-state index in [0.29, 0.717) is 13.0 Å². The van der Waals surface area contributed by atoms with Crippen molar-refractivity contribution in [2.24, 2.45) is 5.41 Å². The van der Waals surface area contributed by atoms with E-state index in [2.05, 4.69) is 6.58 Å². The molecule has 0 N–H and O–H groups in total. The number of nitrogens with zero attached hydrogens (tertiary/aromatic N) is 1. The van der Waals surface area contributed by atoms with Crippen molar-refractivity contribution in [3.63, 3.8) is 0 Å². The van der Waals surface area contributed by atoms with Gasteiger partial charge in [0.05, 0.1) is 18.6 Å². The average Bonchev–Trinajstić information content (AvgIpc) is 2.85. The highest BCUT2D eigenvalue weighted by Crippen LogP contribution is 2.40. The summed E-state index contributed by atoms with van der Waals surface area (Å²) in [4.78, 5) is 26.3. The Morgan fingerprint density at radius 2 is 2.14 bits per heavy atom. The third kappa shape index (κ3) is 2.84. The Kier molecular flexibility index (Phi) is 4.46. The molecule has 1 aliphatic rings. The maximum absolute atomic E-state index is 12.4. The molecule has 1 aromatic carbocycles. The van der Waals surface area contributed by atoms with Crippen LogP contribution >= 0.6 is 0 Å². The Morgan fingerprint density at radius 1 is 1.48 bits per heavy atom. The molecule has 2 unspecified atom stereocenters. The quantitative estimate of drug-likeness (QED) is 0.618. The van der Waals surface area contributed by atoms with E-state index in [1.54, 1.807) is 11.0 Å². The van der Waals surface area contributed by atoms with E-state index >= 15 is 0 Å². The maximum atomic E-state index is 12.4. The molecule has 2 atom stereocenters. The lowest BCUT2D eigenvalue weighted by atomic mass is 9.83. The summed E-state index contributed by atoms with van der Waals surface area (Å²) in [5.74, 6) is -0.350. The molecule has 4 nitrogen and oxygen atoms in total. The number of allylic oxidation sites excluding steroid dienone is 1. The standard InChI is InChI=1S/C17H21NO3/c1-4-10-17(16(20)21-3)11-15(19)18(12-17)13(2)14-8-6-5-7-9-14/h4-9,13H,1,10-12H2,2-3H3. The van der Waals surface area contributed by atoms with Crippen molar-refractivity contribution in [2.45, 2.75) is 25.8 Å². The summed E-state index contributed by atoms with van der Waals surface area (Å²) in [6.07, 6.45) is 2.31. The summed E-state index contributed by atoms with van der Waals surface area (Å²) in [6, 6.07) is 9.76. The lowest BCUT2D eigenvalue weighted by Crippen LogP contribution is -2.36. The van der Waals surface area contributed by atoms with Gasteiger partial charge in [0.1, 0.15) is 0 Å². The van der Waals surface area contributed by atoms with Gasteiger partial charge in [0.2, 0.25) is 5.91 Å². The smallest absolute Gasteiger partial charge is 0.314 e. The molecule has 112 valence electrons. The summed E-state index contributed by atoms with van der Waals surface area (Å²) in [5, 5.41) is 0. The topological polar surface area (TPSA) is 46.6 Å². The highest BCUT2D eigenvalue weighted by Gasteiger charge is 2.50. The van der Waals surface area contributed by atoms with Crippen molar-refractivity contribution in [3.05, 3.63) is 48.6 Å². The molecule has 1 fully saturated rings. The van der Waals surface area contributed by atoms with Gasteiger partial charge in [-0.15, -0.1) is 6.58 Å². The fourth-order valence-electron chi connectivity index (χ4n) is 2.98. The number of likely N-dealkylation sites (tertiary alicyclic amines) is 1. The van der Waals surface area contributed by atoms with Crippen LogP contribution in [0.25, 0.3) is 0 Å². The van der Waals surface area contributed by atoms with Crippen LogP contribution in [0.1, 0.15) is 31.4 Å². The molecule has 0 radical (unpaired) electrons. The highest BCUT2D eigenvalue weighted by atomic mass is 16.5. The number of hydrogen-bond donors (Lipinski definition) is 0. The first-order chi connectivity index (χ1) is 10.0. The molecule has 1 heterocycles. The zero-order valence-corrected chi connectivity index (χ0v) is 12.5. The number of methoxy groups -OCH3 is 1. The Hall–Kier alpha value is -2.10. The molecule has 1 amide bonds. The van der Waals surface area contributed by atoms with Crippen LogP contribution in [0.4, 0.5) is 0 Å². The van der Waals surface area contributed by atoms with Crippen LogP contribution in [-0.2, 0) is 14.3 Å². The molecule has 0 spiro atoms. The average molecular weight is 287 g/mol. The molecule has 4 heteroatoms. The van der Waals surface area contributed by atoms with E-state index in [9.17, 15) is 9.59 Å². The predicted octanol–water partition coefficient (Wildman–Crippen LogP) is 2.72. The molecule has 0 bridgehead atoms. The second-order valence-electron chi connectivity index (χ2n) is 5.55. The summed E-state index contributed by atoms with van der Waals surface area (Å²) in [6.45, 7) is 6.06. The van der Waals surface area contributed by atoms with E-state index in [-0.39, 0.29) is 24.3 Å². The van der Waals surface area contributed by atoms with Crippen molar-refractivity contribution in [3.8, 4) is 0 Å². The van der Waals surface area contributed by atoms with Gasteiger partial charge < -0.3 is 9.64 Å². The first-order valence-corrected chi connectivity index (χ1v) is 7.08.